The number of nitrogens with zero attached hydrogens (tertiary/aromatic N) is 3. The van der Waals surface area contributed by atoms with E-state index in [-0.39, 0.29) is 5.56 Å². The van der Waals surface area contributed by atoms with Gasteiger partial charge in [-0.05, 0) is 31.0 Å². The summed E-state index contributed by atoms with van der Waals surface area (Å²) in [6.07, 6.45) is -1.98. The van der Waals surface area contributed by atoms with E-state index in [0.717, 1.165) is 19.0 Å². The van der Waals surface area contributed by atoms with E-state index >= 15 is 0 Å². The molecule has 2 aromatic rings. The minimum Gasteiger partial charge on any atom is -0.378 e. The molecule has 1 heterocycles. The molecule has 0 amide bonds. The zero-order valence-corrected chi connectivity index (χ0v) is 11.9. The van der Waals surface area contributed by atoms with Crippen LogP contribution >= 0.6 is 0 Å². The minimum absolute atomic E-state index is 0.210. The highest BCUT2D eigenvalue weighted by molar-refractivity contribution is 5.49. The fraction of sp³-hybridized carbons (Fsp3) is 0.429. The highest BCUT2D eigenvalue weighted by atomic mass is 19.4. The molecule has 0 aliphatic heterocycles. The molecule has 21 heavy (non-hydrogen) atoms. The Morgan fingerprint density at radius 2 is 2.05 bits per heavy atom. The molecular formula is C14H17F3N4. The van der Waals surface area contributed by atoms with Gasteiger partial charge in [-0.2, -0.15) is 18.3 Å². The Balaban J connectivity index is 2.12. The van der Waals surface area contributed by atoms with E-state index in [9.17, 15) is 13.2 Å². The third kappa shape index (κ3) is 3.74. The first-order valence-electron chi connectivity index (χ1n) is 6.70. The quantitative estimate of drug-likeness (QED) is 0.916. The Kier molecular flexibility index (Phi) is 4.50. The second-order valence-corrected chi connectivity index (χ2v) is 4.78. The van der Waals surface area contributed by atoms with E-state index in [1.165, 1.54) is 19.3 Å². The molecule has 0 saturated heterocycles. The maximum absolute atomic E-state index is 12.9. The summed E-state index contributed by atoms with van der Waals surface area (Å²) in [5, 5.41) is 7.04. The van der Waals surface area contributed by atoms with E-state index in [2.05, 4.69) is 15.4 Å². The summed E-state index contributed by atoms with van der Waals surface area (Å²) in [5.74, 6) is 0.700. The number of aromatic nitrogens is 3. The molecule has 114 valence electrons. The average molecular weight is 298 g/mol. The van der Waals surface area contributed by atoms with Crippen molar-refractivity contribution in [2.45, 2.75) is 39.5 Å². The van der Waals surface area contributed by atoms with Gasteiger partial charge >= 0.3 is 6.18 Å². The second kappa shape index (κ2) is 6.15. The van der Waals surface area contributed by atoms with E-state index in [4.69, 9.17) is 0 Å². The predicted molar refractivity (Wildman–Crippen MR) is 73.8 cm³/mol. The largest absolute Gasteiger partial charge is 0.416 e. The lowest BCUT2D eigenvalue weighted by Crippen LogP contribution is -2.11. The van der Waals surface area contributed by atoms with Gasteiger partial charge in [0.15, 0.2) is 0 Å². The van der Waals surface area contributed by atoms with Gasteiger partial charge in [0.25, 0.3) is 0 Å². The number of halogens is 3. The smallest absolute Gasteiger partial charge is 0.378 e. The van der Waals surface area contributed by atoms with Gasteiger partial charge in [0, 0.05) is 12.2 Å². The van der Waals surface area contributed by atoms with Crippen molar-refractivity contribution in [2.75, 3.05) is 5.32 Å². The van der Waals surface area contributed by atoms with E-state index in [0.29, 0.717) is 18.1 Å². The van der Waals surface area contributed by atoms with Crippen LogP contribution in [-0.4, -0.2) is 14.8 Å². The summed E-state index contributed by atoms with van der Waals surface area (Å²) < 4.78 is 40.3. The number of anilines is 1. The van der Waals surface area contributed by atoms with Gasteiger partial charge in [-0.1, -0.05) is 13.0 Å². The average Bonchev–Trinajstić information content (AvgIpc) is 2.84. The van der Waals surface area contributed by atoms with E-state index in [1.54, 1.807) is 10.7 Å². The molecule has 4 nitrogen and oxygen atoms in total. The third-order valence-electron chi connectivity index (χ3n) is 3.12. The normalized spacial score (nSPS) is 11.7. The first kappa shape index (κ1) is 15.3. The fourth-order valence-corrected chi connectivity index (χ4v) is 2.04. The Bertz CT molecular complexity index is 605. The maximum Gasteiger partial charge on any atom is 0.416 e. The highest BCUT2D eigenvalue weighted by Gasteiger charge is 2.32. The van der Waals surface area contributed by atoms with Crippen LogP contribution in [0.15, 0.2) is 24.5 Å². The summed E-state index contributed by atoms with van der Waals surface area (Å²) in [6, 6.07) is 4.21. The zero-order valence-electron chi connectivity index (χ0n) is 11.9. The van der Waals surface area contributed by atoms with Crippen LogP contribution in [-0.2, 0) is 19.3 Å². The van der Waals surface area contributed by atoms with Crippen molar-refractivity contribution in [3.63, 3.8) is 0 Å². The van der Waals surface area contributed by atoms with Crippen molar-refractivity contribution in [2.24, 2.45) is 0 Å². The van der Waals surface area contributed by atoms with Gasteiger partial charge in [0.05, 0.1) is 12.1 Å². The van der Waals surface area contributed by atoms with Crippen LogP contribution in [0.1, 0.15) is 30.3 Å². The van der Waals surface area contributed by atoms with Gasteiger partial charge in [0.1, 0.15) is 12.2 Å². The zero-order chi connectivity index (χ0) is 15.5. The van der Waals surface area contributed by atoms with E-state index in [1.807, 2.05) is 6.92 Å². The molecule has 0 bridgehead atoms. The maximum atomic E-state index is 12.9. The Morgan fingerprint density at radius 1 is 1.29 bits per heavy atom. The Morgan fingerprint density at radius 3 is 2.71 bits per heavy atom. The molecule has 0 spiro atoms. The molecule has 0 aliphatic rings. The first-order chi connectivity index (χ1) is 9.91. The van der Waals surface area contributed by atoms with Crippen LogP contribution < -0.4 is 5.32 Å². The number of benzene rings is 1. The summed E-state index contributed by atoms with van der Waals surface area (Å²) in [6.45, 7) is 4.54. The van der Waals surface area contributed by atoms with Crippen molar-refractivity contribution >= 4 is 5.69 Å². The molecule has 1 N–H and O–H groups in total. The molecule has 7 heteroatoms. The number of alkyl halides is 3. The molecule has 0 atom stereocenters. The molecular weight excluding hydrogens is 281 g/mol. The number of rotatable bonds is 5. The van der Waals surface area contributed by atoms with Gasteiger partial charge in [0.2, 0.25) is 0 Å². The SMILES string of the molecule is CCCn1ncnc1CNc1ccc(C)c(C(F)(F)F)c1. The monoisotopic (exact) mass is 298 g/mol. The van der Waals surface area contributed by atoms with Crippen molar-refractivity contribution in [1.29, 1.82) is 0 Å². The van der Waals surface area contributed by atoms with Gasteiger partial charge < -0.3 is 5.32 Å². The summed E-state index contributed by atoms with van der Waals surface area (Å²) >= 11 is 0. The minimum atomic E-state index is -4.34. The van der Waals surface area contributed by atoms with Gasteiger partial charge in [-0.3, -0.25) is 0 Å². The number of hydrogen-bond acceptors (Lipinski definition) is 3. The Labute approximate surface area is 121 Å². The summed E-state index contributed by atoms with van der Waals surface area (Å²) in [4.78, 5) is 4.11. The van der Waals surface area contributed by atoms with Crippen LogP contribution in [0.3, 0.4) is 0 Å². The number of nitrogens with one attached hydrogen (secondary N) is 1. The van der Waals surface area contributed by atoms with Crippen molar-refractivity contribution in [1.82, 2.24) is 14.8 Å². The predicted octanol–water partition coefficient (Wildman–Crippen LogP) is 3.63. The fourth-order valence-electron chi connectivity index (χ4n) is 2.04. The first-order valence-corrected chi connectivity index (χ1v) is 6.70. The van der Waals surface area contributed by atoms with Crippen LogP contribution in [0.25, 0.3) is 0 Å². The van der Waals surface area contributed by atoms with Crippen molar-refractivity contribution in [3.8, 4) is 0 Å². The molecule has 2 rings (SSSR count). The lowest BCUT2D eigenvalue weighted by atomic mass is 10.1. The lowest BCUT2D eigenvalue weighted by Gasteiger charge is -2.13. The molecule has 1 aromatic heterocycles. The number of aryl methyl sites for hydroxylation is 2. The van der Waals surface area contributed by atoms with Crippen molar-refractivity contribution in [3.05, 3.63) is 41.5 Å². The van der Waals surface area contributed by atoms with Gasteiger partial charge in [-0.25, -0.2) is 9.67 Å². The third-order valence-corrected chi connectivity index (χ3v) is 3.12. The second-order valence-electron chi connectivity index (χ2n) is 4.78. The molecule has 0 saturated carbocycles. The Hall–Kier alpha value is -2.05. The molecule has 0 unspecified atom stereocenters. The standard InChI is InChI=1S/C14H17F3N4/c1-3-6-21-13(19-9-20-21)8-18-11-5-4-10(2)12(7-11)14(15,16)17/h4-5,7,9,18H,3,6,8H2,1-2H3. The molecule has 0 fully saturated rings. The van der Waals surface area contributed by atoms with E-state index < -0.39 is 11.7 Å². The summed E-state index contributed by atoms with van der Waals surface area (Å²) in [7, 11) is 0. The molecule has 0 radical (unpaired) electrons. The van der Waals surface area contributed by atoms with Gasteiger partial charge in [-0.15, -0.1) is 0 Å². The van der Waals surface area contributed by atoms with Crippen LogP contribution in [0.4, 0.5) is 18.9 Å². The topological polar surface area (TPSA) is 42.7 Å². The van der Waals surface area contributed by atoms with Crippen LogP contribution in [0.2, 0.25) is 0 Å². The lowest BCUT2D eigenvalue weighted by molar-refractivity contribution is -0.138. The van der Waals surface area contributed by atoms with Crippen LogP contribution in [0, 0.1) is 6.92 Å². The molecule has 1 aromatic carbocycles. The highest BCUT2D eigenvalue weighted by Crippen LogP contribution is 2.33. The van der Waals surface area contributed by atoms with Crippen LogP contribution in [0.5, 0.6) is 0 Å². The number of hydrogen-bond donors (Lipinski definition) is 1. The molecule has 0 aliphatic carbocycles. The summed E-state index contributed by atoms with van der Waals surface area (Å²) in [5.41, 5.74) is 0.00342. The van der Waals surface area contributed by atoms with Crippen molar-refractivity contribution < 1.29 is 13.2 Å².